The molecule has 0 saturated heterocycles. The standard InChI is InChI=1S/C21H21N3O3/c1-27-21(26)15-8-5-9-17-19(15)24-16-11-10-14(12-18(16)23-17)22-20(25)13-6-3-2-4-7-13/h5,8-13H,2-4,6-7H2,1H3,(H,22,25). The van der Waals surface area contributed by atoms with Crippen molar-refractivity contribution in [2.75, 3.05) is 12.4 Å². The first kappa shape index (κ1) is 17.4. The zero-order chi connectivity index (χ0) is 18.8. The second kappa shape index (κ2) is 7.31. The zero-order valence-corrected chi connectivity index (χ0v) is 15.2. The largest absolute Gasteiger partial charge is 0.465 e. The summed E-state index contributed by atoms with van der Waals surface area (Å²) in [6.45, 7) is 0. The smallest absolute Gasteiger partial charge is 0.340 e. The quantitative estimate of drug-likeness (QED) is 0.560. The van der Waals surface area contributed by atoms with Gasteiger partial charge in [0.05, 0.1) is 29.2 Å². The summed E-state index contributed by atoms with van der Waals surface area (Å²) in [5.74, 6) is -0.263. The first-order valence-electron chi connectivity index (χ1n) is 9.25. The van der Waals surface area contributed by atoms with E-state index in [4.69, 9.17) is 4.74 Å². The highest BCUT2D eigenvalue weighted by molar-refractivity contribution is 6.03. The first-order valence-corrected chi connectivity index (χ1v) is 9.25. The predicted molar refractivity (Wildman–Crippen MR) is 104 cm³/mol. The minimum Gasteiger partial charge on any atom is -0.465 e. The molecule has 0 aliphatic heterocycles. The molecule has 1 N–H and O–H groups in total. The van der Waals surface area contributed by atoms with Gasteiger partial charge in [-0.1, -0.05) is 25.3 Å². The van der Waals surface area contributed by atoms with Crippen molar-refractivity contribution >= 4 is 39.6 Å². The molecule has 6 nitrogen and oxygen atoms in total. The predicted octanol–water partition coefficient (Wildman–Crippen LogP) is 4.09. The van der Waals surface area contributed by atoms with E-state index >= 15 is 0 Å². The van der Waals surface area contributed by atoms with Gasteiger partial charge in [-0.25, -0.2) is 14.8 Å². The second-order valence-electron chi connectivity index (χ2n) is 6.92. The Labute approximate surface area is 156 Å². The minimum atomic E-state index is -0.439. The number of carbonyl (C=O) groups excluding carboxylic acids is 2. The number of hydrogen-bond donors (Lipinski definition) is 1. The van der Waals surface area contributed by atoms with Crippen LogP contribution in [0.2, 0.25) is 0 Å². The maximum Gasteiger partial charge on any atom is 0.340 e. The molecule has 0 unspecified atom stereocenters. The van der Waals surface area contributed by atoms with Gasteiger partial charge < -0.3 is 10.1 Å². The van der Waals surface area contributed by atoms with Gasteiger partial charge in [0.25, 0.3) is 0 Å². The molecule has 1 fully saturated rings. The molecule has 27 heavy (non-hydrogen) atoms. The number of fused-ring (bicyclic) bond motifs is 2. The Hall–Kier alpha value is -3.02. The van der Waals surface area contributed by atoms with Gasteiger partial charge in [-0.05, 0) is 43.2 Å². The maximum atomic E-state index is 12.5. The molecule has 1 aliphatic rings. The first-order chi connectivity index (χ1) is 13.2. The summed E-state index contributed by atoms with van der Waals surface area (Å²) in [6, 6.07) is 10.7. The Kier molecular flexibility index (Phi) is 4.71. The number of ether oxygens (including phenoxy) is 1. The van der Waals surface area contributed by atoms with E-state index in [0.29, 0.717) is 27.6 Å². The molecular formula is C21H21N3O3. The SMILES string of the molecule is COC(=O)c1cccc2nc3cc(NC(=O)C4CCCCC4)ccc3nc12. The van der Waals surface area contributed by atoms with Crippen LogP contribution in [0.4, 0.5) is 5.69 Å². The van der Waals surface area contributed by atoms with Crippen molar-refractivity contribution < 1.29 is 14.3 Å². The highest BCUT2D eigenvalue weighted by Gasteiger charge is 2.21. The zero-order valence-electron chi connectivity index (χ0n) is 15.2. The maximum absolute atomic E-state index is 12.5. The van der Waals surface area contributed by atoms with E-state index in [2.05, 4.69) is 15.3 Å². The van der Waals surface area contributed by atoms with Gasteiger partial charge >= 0.3 is 5.97 Å². The Balaban J connectivity index is 1.67. The van der Waals surface area contributed by atoms with Crippen molar-refractivity contribution in [1.82, 2.24) is 9.97 Å². The fourth-order valence-electron chi connectivity index (χ4n) is 3.66. The number of para-hydroxylation sites is 1. The number of hydrogen-bond acceptors (Lipinski definition) is 5. The molecule has 6 heteroatoms. The number of amides is 1. The molecule has 0 radical (unpaired) electrons. The molecule has 1 heterocycles. The van der Waals surface area contributed by atoms with E-state index in [-0.39, 0.29) is 11.8 Å². The fraction of sp³-hybridized carbons (Fsp3) is 0.333. The molecule has 3 aromatic rings. The van der Waals surface area contributed by atoms with Crippen LogP contribution >= 0.6 is 0 Å². The number of nitrogens with one attached hydrogen (secondary N) is 1. The number of benzene rings is 2. The summed E-state index contributed by atoms with van der Waals surface area (Å²) in [5, 5.41) is 3.01. The third kappa shape index (κ3) is 3.47. The van der Waals surface area contributed by atoms with Gasteiger partial charge in [-0.15, -0.1) is 0 Å². The lowest BCUT2D eigenvalue weighted by Gasteiger charge is -2.20. The number of esters is 1. The van der Waals surface area contributed by atoms with E-state index in [0.717, 1.165) is 31.4 Å². The lowest BCUT2D eigenvalue weighted by Crippen LogP contribution is -2.24. The van der Waals surface area contributed by atoms with Gasteiger partial charge in [0.15, 0.2) is 0 Å². The highest BCUT2D eigenvalue weighted by atomic mass is 16.5. The van der Waals surface area contributed by atoms with Gasteiger partial charge in [0.1, 0.15) is 5.52 Å². The third-order valence-corrected chi connectivity index (χ3v) is 5.11. The van der Waals surface area contributed by atoms with Crippen LogP contribution < -0.4 is 5.32 Å². The minimum absolute atomic E-state index is 0.0794. The van der Waals surface area contributed by atoms with E-state index in [1.165, 1.54) is 13.5 Å². The molecule has 1 aliphatic carbocycles. The third-order valence-electron chi connectivity index (χ3n) is 5.11. The molecule has 0 bridgehead atoms. The van der Waals surface area contributed by atoms with E-state index in [1.54, 1.807) is 12.1 Å². The number of rotatable bonds is 3. The van der Waals surface area contributed by atoms with Crippen molar-refractivity contribution in [1.29, 1.82) is 0 Å². The molecule has 0 atom stereocenters. The van der Waals surface area contributed by atoms with E-state index in [1.807, 2.05) is 24.3 Å². The summed E-state index contributed by atoms with van der Waals surface area (Å²) < 4.78 is 4.82. The second-order valence-corrected chi connectivity index (χ2v) is 6.92. The lowest BCUT2D eigenvalue weighted by atomic mass is 9.88. The molecule has 138 valence electrons. The Morgan fingerprint density at radius 3 is 2.59 bits per heavy atom. The highest BCUT2D eigenvalue weighted by Crippen LogP contribution is 2.26. The van der Waals surface area contributed by atoms with Gasteiger partial charge in [0, 0.05) is 11.6 Å². The van der Waals surface area contributed by atoms with Crippen molar-refractivity contribution in [2.24, 2.45) is 5.92 Å². The normalized spacial score (nSPS) is 15.0. The van der Waals surface area contributed by atoms with E-state index in [9.17, 15) is 9.59 Å². The summed E-state index contributed by atoms with van der Waals surface area (Å²) in [5.41, 5.74) is 3.56. The van der Waals surface area contributed by atoms with Gasteiger partial charge in [0.2, 0.25) is 5.91 Å². The Morgan fingerprint density at radius 1 is 1.00 bits per heavy atom. The van der Waals surface area contributed by atoms with Crippen LogP contribution in [-0.4, -0.2) is 29.0 Å². The van der Waals surface area contributed by atoms with Crippen LogP contribution in [0.15, 0.2) is 36.4 Å². The van der Waals surface area contributed by atoms with Crippen LogP contribution in [0.3, 0.4) is 0 Å². The van der Waals surface area contributed by atoms with E-state index < -0.39 is 5.97 Å². The monoisotopic (exact) mass is 363 g/mol. The van der Waals surface area contributed by atoms with Crippen LogP contribution in [0.5, 0.6) is 0 Å². The average molecular weight is 363 g/mol. The van der Waals surface area contributed by atoms with Crippen molar-refractivity contribution in [3.8, 4) is 0 Å². The summed E-state index contributed by atoms with van der Waals surface area (Å²) in [4.78, 5) is 33.6. The number of nitrogens with zero attached hydrogens (tertiary/aromatic N) is 2. The van der Waals surface area contributed by atoms with Crippen LogP contribution in [0, 0.1) is 5.92 Å². The fourth-order valence-corrected chi connectivity index (χ4v) is 3.66. The number of anilines is 1. The van der Waals surface area contributed by atoms with Crippen LogP contribution in [-0.2, 0) is 9.53 Å². The molecule has 1 amide bonds. The molecule has 4 rings (SSSR count). The van der Waals surface area contributed by atoms with Gasteiger partial charge in [-0.2, -0.15) is 0 Å². The van der Waals surface area contributed by atoms with Crippen molar-refractivity contribution in [3.63, 3.8) is 0 Å². The molecule has 1 saturated carbocycles. The summed E-state index contributed by atoms with van der Waals surface area (Å²) >= 11 is 0. The van der Waals surface area contributed by atoms with Crippen LogP contribution in [0.1, 0.15) is 42.5 Å². The number of carbonyl (C=O) groups is 2. The van der Waals surface area contributed by atoms with Gasteiger partial charge in [-0.3, -0.25) is 4.79 Å². The molecule has 2 aromatic carbocycles. The topological polar surface area (TPSA) is 81.2 Å². The molecular weight excluding hydrogens is 342 g/mol. The summed E-state index contributed by atoms with van der Waals surface area (Å²) in [7, 11) is 1.34. The molecule has 0 spiro atoms. The number of aromatic nitrogens is 2. The summed E-state index contributed by atoms with van der Waals surface area (Å²) in [6.07, 6.45) is 5.38. The Morgan fingerprint density at radius 2 is 1.81 bits per heavy atom. The Bertz CT molecular complexity index is 1030. The van der Waals surface area contributed by atoms with Crippen LogP contribution in [0.25, 0.3) is 22.1 Å². The number of methoxy groups -OCH3 is 1. The molecule has 1 aromatic heterocycles. The lowest BCUT2D eigenvalue weighted by molar-refractivity contribution is -0.120. The van der Waals surface area contributed by atoms with Crippen molar-refractivity contribution in [3.05, 3.63) is 42.0 Å². The average Bonchev–Trinajstić information content (AvgIpc) is 2.71. The van der Waals surface area contributed by atoms with Crippen molar-refractivity contribution in [2.45, 2.75) is 32.1 Å².